The van der Waals surface area contributed by atoms with Gasteiger partial charge in [0.25, 0.3) is 5.92 Å². The summed E-state index contributed by atoms with van der Waals surface area (Å²) in [5.74, 6) is -2.72. The molecule has 0 aliphatic rings. The van der Waals surface area contributed by atoms with Gasteiger partial charge in [0.2, 0.25) is 0 Å². The van der Waals surface area contributed by atoms with E-state index in [2.05, 4.69) is 5.48 Å². The Morgan fingerprint density at radius 1 is 1.29 bits per heavy atom. The monoisotopic (exact) mass is 245 g/mol. The second-order valence-electron chi connectivity index (χ2n) is 3.86. The van der Waals surface area contributed by atoms with Gasteiger partial charge in [-0.25, -0.2) is 8.78 Å². The van der Waals surface area contributed by atoms with Crippen LogP contribution in [-0.2, 0) is 17.3 Å². The molecule has 17 heavy (non-hydrogen) atoms. The highest BCUT2D eigenvalue weighted by atomic mass is 19.3. The lowest BCUT2D eigenvalue weighted by atomic mass is 10.00. The fourth-order valence-corrected chi connectivity index (χ4v) is 1.67. The van der Waals surface area contributed by atoms with Crippen LogP contribution in [0.15, 0.2) is 12.1 Å². The van der Waals surface area contributed by atoms with Gasteiger partial charge in [-0.15, -0.1) is 0 Å². The van der Waals surface area contributed by atoms with Crippen molar-refractivity contribution in [1.29, 1.82) is 0 Å². The van der Waals surface area contributed by atoms with Gasteiger partial charge in [0.05, 0.1) is 19.8 Å². The van der Waals surface area contributed by atoms with Gasteiger partial charge in [0, 0.05) is 19.0 Å². The molecule has 1 aromatic carbocycles. The Morgan fingerprint density at radius 2 is 1.94 bits per heavy atom. The lowest BCUT2D eigenvalue weighted by Gasteiger charge is -2.19. The lowest BCUT2D eigenvalue weighted by Crippen LogP contribution is -2.16. The molecule has 0 unspecified atom stereocenters. The van der Waals surface area contributed by atoms with Crippen molar-refractivity contribution in [3.05, 3.63) is 28.8 Å². The molecule has 0 aliphatic carbocycles. The second kappa shape index (κ2) is 5.42. The maximum Gasteiger partial charge on any atom is 0.274 e. The molecule has 0 fully saturated rings. The highest BCUT2D eigenvalue weighted by Gasteiger charge is 2.30. The standard InChI is InChI=1S/C12H17F2NO2/c1-8-5-6-10(12(2,13)14)11(16-3)9(8)7-15-17-4/h5-6,15H,7H2,1-4H3. The van der Waals surface area contributed by atoms with Crippen molar-refractivity contribution >= 4 is 0 Å². The van der Waals surface area contributed by atoms with Crippen LogP contribution in [0.25, 0.3) is 0 Å². The number of benzene rings is 1. The van der Waals surface area contributed by atoms with Gasteiger partial charge in [0.1, 0.15) is 5.75 Å². The third-order valence-electron chi connectivity index (χ3n) is 2.57. The van der Waals surface area contributed by atoms with Gasteiger partial charge in [0.15, 0.2) is 0 Å². The minimum Gasteiger partial charge on any atom is -0.496 e. The van der Waals surface area contributed by atoms with Gasteiger partial charge in [-0.2, -0.15) is 5.48 Å². The molecule has 0 saturated heterocycles. The average Bonchev–Trinajstić information content (AvgIpc) is 2.25. The van der Waals surface area contributed by atoms with E-state index in [1.165, 1.54) is 20.3 Å². The summed E-state index contributed by atoms with van der Waals surface area (Å²) in [7, 11) is 2.86. The van der Waals surface area contributed by atoms with Crippen LogP contribution in [0.1, 0.15) is 23.6 Å². The Kier molecular flexibility index (Phi) is 4.42. The summed E-state index contributed by atoms with van der Waals surface area (Å²) < 4.78 is 31.9. The molecule has 96 valence electrons. The number of hydrogen-bond acceptors (Lipinski definition) is 3. The smallest absolute Gasteiger partial charge is 0.274 e. The zero-order chi connectivity index (χ0) is 13.1. The van der Waals surface area contributed by atoms with Crippen molar-refractivity contribution in [1.82, 2.24) is 5.48 Å². The van der Waals surface area contributed by atoms with E-state index >= 15 is 0 Å². The fourth-order valence-electron chi connectivity index (χ4n) is 1.67. The van der Waals surface area contributed by atoms with Gasteiger partial charge < -0.3 is 9.57 Å². The third-order valence-corrected chi connectivity index (χ3v) is 2.57. The van der Waals surface area contributed by atoms with E-state index in [-0.39, 0.29) is 11.3 Å². The van der Waals surface area contributed by atoms with E-state index in [4.69, 9.17) is 9.57 Å². The van der Waals surface area contributed by atoms with E-state index in [1.807, 2.05) is 6.92 Å². The molecule has 0 bridgehead atoms. The summed E-state index contributed by atoms with van der Waals surface area (Å²) in [6, 6.07) is 3.05. The fraction of sp³-hybridized carbons (Fsp3) is 0.500. The molecule has 0 heterocycles. The molecule has 3 nitrogen and oxygen atoms in total. The molecule has 0 atom stereocenters. The van der Waals surface area contributed by atoms with Gasteiger partial charge in [-0.1, -0.05) is 6.07 Å². The Morgan fingerprint density at radius 3 is 2.41 bits per heavy atom. The highest BCUT2D eigenvalue weighted by Crippen LogP contribution is 2.37. The number of ether oxygens (including phenoxy) is 1. The molecular formula is C12H17F2NO2. The number of alkyl halides is 2. The van der Waals surface area contributed by atoms with E-state index < -0.39 is 5.92 Å². The average molecular weight is 245 g/mol. The number of hydrogen-bond donors (Lipinski definition) is 1. The second-order valence-corrected chi connectivity index (χ2v) is 3.86. The summed E-state index contributed by atoms with van der Waals surface area (Å²) in [5.41, 5.74) is 4.07. The van der Waals surface area contributed by atoms with Gasteiger partial charge in [-0.05, 0) is 18.6 Å². The minimum atomic E-state index is -2.93. The number of aryl methyl sites for hydroxylation is 1. The topological polar surface area (TPSA) is 30.5 Å². The molecule has 0 spiro atoms. The molecule has 1 rings (SSSR count). The number of nitrogens with one attached hydrogen (secondary N) is 1. The van der Waals surface area contributed by atoms with E-state index in [0.29, 0.717) is 12.1 Å². The molecule has 0 aromatic heterocycles. The maximum atomic E-state index is 13.4. The predicted molar refractivity (Wildman–Crippen MR) is 61.1 cm³/mol. The van der Waals surface area contributed by atoms with Crippen molar-refractivity contribution < 1.29 is 18.4 Å². The van der Waals surface area contributed by atoms with Crippen molar-refractivity contribution in [2.75, 3.05) is 14.2 Å². The lowest BCUT2D eigenvalue weighted by molar-refractivity contribution is 0.0147. The van der Waals surface area contributed by atoms with Crippen LogP contribution in [0, 0.1) is 6.92 Å². The summed E-state index contributed by atoms with van der Waals surface area (Å²) in [5, 5.41) is 0. The Labute approximate surface area is 99.7 Å². The summed E-state index contributed by atoms with van der Waals surface area (Å²) in [6.07, 6.45) is 0. The normalized spacial score (nSPS) is 11.6. The first kappa shape index (κ1) is 13.9. The Balaban J connectivity index is 3.26. The van der Waals surface area contributed by atoms with Crippen LogP contribution in [-0.4, -0.2) is 14.2 Å². The van der Waals surface area contributed by atoms with Crippen LogP contribution in [0.4, 0.5) is 8.78 Å². The first-order valence-corrected chi connectivity index (χ1v) is 5.22. The van der Waals surface area contributed by atoms with Crippen molar-refractivity contribution in [3.8, 4) is 5.75 Å². The Hall–Kier alpha value is -1.20. The number of rotatable bonds is 5. The molecular weight excluding hydrogens is 228 g/mol. The highest BCUT2D eigenvalue weighted by molar-refractivity contribution is 5.47. The molecule has 1 N–H and O–H groups in total. The molecule has 0 saturated carbocycles. The third kappa shape index (κ3) is 3.14. The van der Waals surface area contributed by atoms with Gasteiger partial charge >= 0.3 is 0 Å². The molecule has 1 aromatic rings. The van der Waals surface area contributed by atoms with Crippen LogP contribution in [0.3, 0.4) is 0 Å². The van der Waals surface area contributed by atoms with Crippen LogP contribution in [0.2, 0.25) is 0 Å². The summed E-state index contributed by atoms with van der Waals surface area (Å²) >= 11 is 0. The Bertz CT molecular complexity index is 389. The largest absolute Gasteiger partial charge is 0.496 e. The van der Waals surface area contributed by atoms with E-state index in [1.54, 1.807) is 6.07 Å². The minimum absolute atomic E-state index is 0.112. The molecule has 0 radical (unpaired) electrons. The van der Waals surface area contributed by atoms with Gasteiger partial charge in [-0.3, -0.25) is 0 Å². The van der Waals surface area contributed by atoms with Crippen LogP contribution >= 0.6 is 0 Å². The maximum absolute atomic E-state index is 13.4. The number of methoxy groups -OCH3 is 1. The van der Waals surface area contributed by atoms with E-state index in [9.17, 15) is 8.78 Å². The molecule has 0 amide bonds. The first-order chi connectivity index (χ1) is 7.91. The zero-order valence-corrected chi connectivity index (χ0v) is 10.4. The van der Waals surface area contributed by atoms with Crippen LogP contribution < -0.4 is 10.2 Å². The summed E-state index contributed by atoms with van der Waals surface area (Å²) in [4.78, 5) is 4.73. The van der Waals surface area contributed by atoms with E-state index in [0.717, 1.165) is 12.5 Å². The zero-order valence-electron chi connectivity index (χ0n) is 10.4. The van der Waals surface area contributed by atoms with Crippen molar-refractivity contribution in [3.63, 3.8) is 0 Å². The first-order valence-electron chi connectivity index (χ1n) is 5.22. The molecule has 0 aliphatic heterocycles. The van der Waals surface area contributed by atoms with Crippen molar-refractivity contribution in [2.45, 2.75) is 26.3 Å². The summed E-state index contributed by atoms with van der Waals surface area (Å²) in [6.45, 7) is 3.01. The van der Waals surface area contributed by atoms with Crippen LogP contribution in [0.5, 0.6) is 5.75 Å². The predicted octanol–water partition coefficient (Wildman–Crippen LogP) is 2.77. The number of halogens is 2. The molecule has 5 heteroatoms. The van der Waals surface area contributed by atoms with Crippen molar-refractivity contribution in [2.24, 2.45) is 0 Å². The quantitative estimate of drug-likeness (QED) is 0.809. The SMILES string of the molecule is CONCc1c(C)ccc(C(C)(F)F)c1OC. The number of hydroxylamine groups is 1.